The molecular weight excluding hydrogens is 486 g/mol. The molecule has 2 aromatic heterocycles. The van der Waals surface area contributed by atoms with E-state index >= 15 is 0 Å². The van der Waals surface area contributed by atoms with Gasteiger partial charge in [0.15, 0.2) is 0 Å². The van der Waals surface area contributed by atoms with E-state index in [2.05, 4.69) is 20.0 Å². The van der Waals surface area contributed by atoms with Crippen LogP contribution in [-0.4, -0.2) is 21.0 Å². The molecule has 5 rings (SSSR count). The van der Waals surface area contributed by atoms with E-state index in [-0.39, 0.29) is 0 Å². The fraction of sp³-hybridized carbons (Fsp3) is 0.240. The largest absolute Gasteiger partial charge is 0.438 e. The Morgan fingerprint density at radius 1 is 0.971 bits per heavy atom. The quantitative estimate of drug-likeness (QED) is 0.234. The zero-order valence-electron chi connectivity index (χ0n) is 18.4. The van der Waals surface area contributed by atoms with Crippen LogP contribution in [0.1, 0.15) is 32.1 Å². The highest BCUT2D eigenvalue weighted by Gasteiger charge is 2.17. The topological polar surface area (TPSA) is 72.0 Å². The van der Waals surface area contributed by atoms with E-state index in [0.717, 1.165) is 26.2 Å². The van der Waals surface area contributed by atoms with Gasteiger partial charge in [-0.25, -0.2) is 15.0 Å². The number of aromatic nitrogens is 3. The van der Waals surface area contributed by atoms with E-state index in [9.17, 15) is 0 Å². The van der Waals surface area contributed by atoms with Crippen molar-refractivity contribution in [2.75, 3.05) is 10.0 Å². The molecule has 4 aromatic rings. The molecule has 34 heavy (non-hydrogen) atoms. The summed E-state index contributed by atoms with van der Waals surface area (Å²) in [6, 6.07) is 17.8. The number of nitrogens with zero attached hydrogens (tertiary/aromatic N) is 3. The molecule has 0 aliphatic heterocycles. The van der Waals surface area contributed by atoms with Gasteiger partial charge in [-0.15, -0.1) is 11.3 Å². The van der Waals surface area contributed by atoms with Crippen molar-refractivity contribution in [2.24, 2.45) is 0 Å². The van der Waals surface area contributed by atoms with E-state index in [4.69, 9.17) is 21.3 Å². The van der Waals surface area contributed by atoms with Crippen LogP contribution in [-0.2, 0) is 0 Å². The Hall–Kier alpha value is -2.81. The summed E-state index contributed by atoms with van der Waals surface area (Å²) >= 11 is 9.19. The van der Waals surface area contributed by atoms with Gasteiger partial charge in [-0.2, -0.15) is 0 Å². The molecule has 1 aliphatic carbocycles. The first-order valence-corrected chi connectivity index (χ1v) is 13.3. The molecule has 0 radical (unpaired) electrons. The predicted molar refractivity (Wildman–Crippen MR) is 141 cm³/mol. The van der Waals surface area contributed by atoms with Crippen LogP contribution in [0.3, 0.4) is 0 Å². The van der Waals surface area contributed by atoms with Crippen molar-refractivity contribution < 1.29 is 4.74 Å². The van der Waals surface area contributed by atoms with E-state index in [1.165, 1.54) is 55.4 Å². The Morgan fingerprint density at radius 3 is 2.62 bits per heavy atom. The number of benzene rings is 2. The zero-order chi connectivity index (χ0) is 23.2. The lowest BCUT2D eigenvalue weighted by Crippen LogP contribution is -2.23. The van der Waals surface area contributed by atoms with Crippen LogP contribution in [0, 0.1) is 0 Å². The van der Waals surface area contributed by atoms with Crippen LogP contribution in [0.2, 0.25) is 5.02 Å². The van der Waals surface area contributed by atoms with Crippen LogP contribution in [0.4, 0.5) is 11.6 Å². The summed E-state index contributed by atoms with van der Waals surface area (Å²) in [6.07, 6.45) is 7.97. The van der Waals surface area contributed by atoms with Crippen LogP contribution in [0.15, 0.2) is 71.2 Å². The van der Waals surface area contributed by atoms with Crippen molar-refractivity contribution in [3.8, 4) is 22.2 Å². The molecule has 1 saturated carbocycles. The summed E-state index contributed by atoms with van der Waals surface area (Å²) in [6.45, 7) is 0. The molecule has 0 saturated heterocycles. The lowest BCUT2D eigenvalue weighted by atomic mass is 9.96. The SMILES string of the molecule is Clc1ccccc1SNc1ccc(Oc2ncsc2-c2ccnc(NC3CCCCC3)n2)cc1. The Labute approximate surface area is 212 Å². The number of hydrogen-bond acceptors (Lipinski definition) is 8. The molecule has 2 aromatic carbocycles. The average Bonchev–Trinajstić information content (AvgIpc) is 3.33. The van der Waals surface area contributed by atoms with Gasteiger partial charge < -0.3 is 14.8 Å². The molecule has 0 bridgehead atoms. The number of nitrogens with one attached hydrogen (secondary N) is 2. The second-order valence-corrected chi connectivity index (χ2v) is 10.1. The Balaban J connectivity index is 1.24. The molecule has 0 unspecified atom stereocenters. The van der Waals surface area contributed by atoms with E-state index in [1.54, 1.807) is 11.7 Å². The standard InChI is InChI=1S/C25H24ClN5OS2/c26-20-8-4-5-9-22(20)34-31-18-10-12-19(13-11-18)32-24-23(33-16-28-24)21-14-15-27-25(30-21)29-17-6-2-1-3-7-17/h4-5,8-17,31H,1-3,6-7H2,(H,27,29,30). The third-order valence-electron chi connectivity index (χ3n) is 5.55. The monoisotopic (exact) mass is 509 g/mol. The van der Waals surface area contributed by atoms with Crippen molar-refractivity contribution in [3.63, 3.8) is 0 Å². The molecule has 2 N–H and O–H groups in total. The molecule has 174 valence electrons. The predicted octanol–water partition coefficient (Wildman–Crippen LogP) is 7.91. The Kier molecular flexibility index (Phi) is 7.48. The number of halogens is 1. The maximum Gasteiger partial charge on any atom is 0.239 e. The zero-order valence-corrected chi connectivity index (χ0v) is 20.8. The fourth-order valence-electron chi connectivity index (χ4n) is 3.81. The van der Waals surface area contributed by atoms with Gasteiger partial charge in [0.05, 0.1) is 16.2 Å². The van der Waals surface area contributed by atoms with E-state index < -0.39 is 0 Å². The smallest absolute Gasteiger partial charge is 0.239 e. The minimum Gasteiger partial charge on any atom is -0.438 e. The molecule has 2 heterocycles. The van der Waals surface area contributed by atoms with E-state index in [1.807, 2.05) is 54.6 Å². The summed E-state index contributed by atoms with van der Waals surface area (Å²) in [5.74, 6) is 1.91. The van der Waals surface area contributed by atoms with Crippen LogP contribution in [0.5, 0.6) is 11.6 Å². The van der Waals surface area contributed by atoms with Crippen molar-refractivity contribution in [1.29, 1.82) is 0 Å². The summed E-state index contributed by atoms with van der Waals surface area (Å²) in [5.41, 5.74) is 3.53. The minimum atomic E-state index is 0.449. The first-order valence-electron chi connectivity index (χ1n) is 11.2. The van der Waals surface area contributed by atoms with Gasteiger partial charge in [0.25, 0.3) is 0 Å². The van der Waals surface area contributed by atoms with Gasteiger partial charge in [0.2, 0.25) is 11.8 Å². The number of hydrogen-bond donors (Lipinski definition) is 2. The minimum absolute atomic E-state index is 0.449. The summed E-state index contributed by atoms with van der Waals surface area (Å²) in [4.78, 5) is 15.4. The first kappa shape index (κ1) is 23.0. The highest BCUT2D eigenvalue weighted by atomic mass is 35.5. The molecule has 9 heteroatoms. The molecule has 1 fully saturated rings. The number of anilines is 2. The third-order valence-corrected chi connectivity index (χ3v) is 7.73. The summed E-state index contributed by atoms with van der Waals surface area (Å²) < 4.78 is 9.40. The van der Waals surface area contributed by atoms with Gasteiger partial charge in [-0.1, -0.05) is 43.0 Å². The molecular formula is C25H24ClN5OS2. The second-order valence-electron chi connectivity index (χ2n) is 7.99. The normalized spacial score (nSPS) is 14.0. The number of rotatable bonds is 8. The number of ether oxygens (including phenoxy) is 1. The number of thiazole rings is 1. The fourth-order valence-corrected chi connectivity index (χ4v) is 5.42. The van der Waals surface area contributed by atoms with Crippen molar-refractivity contribution >= 4 is 46.5 Å². The summed E-state index contributed by atoms with van der Waals surface area (Å²) in [7, 11) is 0. The van der Waals surface area contributed by atoms with Crippen molar-refractivity contribution in [3.05, 3.63) is 71.3 Å². The molecule has 0 amide bonds. The van der Waals surface area contributed by atoms with Gasteiger partial charge in [-0.3, -0.25) is 0 Å². The van der Waals surface area contributed by atoms with Crippen LogP contribution < -0.4 is 14.8 Å². The Bertz CT molecular complexity index is 1230. The van der Waals surface area contributed by atoms with Gasteiger partial charge in [-0.05, 0) is 67.3 Å². The molecule has 6 nitrogen and oxygen atoms in total. The van der Waals surface area contributed by atoms with Crippen LogP contribution in [0.25, 0.3) is 10.6 Å². The Morgan fingerprint density at radius 2 is 1.79 bits per heavy atom. The van der Waals surface area contributed by atoms with Crippen molar-refractivity contribution in [2.45, 2.75) is 43.0 Å². The first-order chi connectivity index (χ1) is 16.7. The van der Waals surface area contributed by atoms with E-state index in [0.29, 0.717) is 23.6 Å². The highest BCUT2D eigenvalue weighted by molar-refractivity contribution is 8.00. The maximum atomic E-state index is 6.22. The molecule has 0 atom stereocenters. The molecule has 1 aliphatic rings. The lowest BCUT2D eigenvalue weighted by Gasteiger charge is -2.22. The summed E-state index contributed by atoms with van der Waals surface area (Å²) in [5, 5.41) is 4.21. The second kappa shape index (κ2) is 11.1. The average molecular weight is 510 g/mol. The highest BCUT2D eigenvalue weighted by Crippen LogP contribution is 2.36. The third kappa shape index (κ3) is 5.81. The van der Waals surface area contributed by atoms with Gasteiger partial charge in [0, 0.05) is 22.8 Å². The van der Waals surface area contributed by atoms with Gasteiger partial charge >= 0.3 is 0 Å². The van der Waals surface area contributed by atoms with Crippen LogP contribution >= 0.6 is 34.9 Å². The van der Waals surface area contributed by atoms with Crippen molar-refractivity contribution in [1.82, 2.24) is 15.0 Å². The molecule has 0 spiro atoms. The lowest BCUT2D eigenvalue weighted by molar-refractivity contribution is 0.461. The van der Waals surface area contributed by atoms with Gasteiger partial charge in [0.1, 0.15) is 10.6 Å². The maximum absolute atomic E-state index is 6.22.